The summed E-state index contributed by atoms with van der Waals surface area (Å²) in [6.07, 6.45) is -0.846. The standard InChI is InChI=1S/C15H19FN4O3.C2HF3O2/c16-10-5-11(8-18-7-10)20-14(22)19-9-12-6-15(13(21)23-12)1-3-17-4-2-15;3-2(4,5)1(6)7/h5,7-8,12,17H,1-4,6,9H2,(H2,19,20,22);(H,6,7). The number of carbonyl (C=O) groups excluding carboxylic acids is 2. The van der Waals surface area contributed by atoms with Gasteiger partial charge in [-0.25, -0.2) is 14.0 Å². The predicted octanol–water partition coefficient (Wildman–Crippen LogP) is 1.66. The van der Waals surface area contributed by atoms with Gasteiger partial charge >= 0.3 is 24.1 Å². The van der Waals surface area contributed by atoms with Crippen LogP contribution in [0.5, 0.6) is 0 Å². The fourth-order valence-corrected chi connectivity index (χ4v) is 3.13. The van der Waals surface area contributed by atoms with Crippen molar-refractivity contribution in [2.45, 2.75) is 31.5 Å². The third-order valence-corrected chi connectivity index (χ3v) is 4.58. The number of carbonyl (C=O) groups is 3. The van der Waals surface area contributed by atoms with Gasteiger partial charge in [0.25, 0.3) is 0 Å². The van der Waals surface area contributed by atoms with E-state index in [0.717, 1.165) is 32.1 Å². The van der Waals surface area contributed by atoms with Crippen molar-refractivity contribution in [3.05, 3.63) is 24.3 Å². The predicted molar refractivity (Wildman–Crippen MR) is 93.9 cm³/mol. The number of alkyl halides is 3. The SMILES string of the molecule is O=C(NCC1CC2(CCNCC2)C(=O)O1)Nc1cncc(F)c1.O=C(O)C(F)(F)F. The minimum atomic E-state index is -5.08. The average molecular weight is 436 g/mol. The number of ether oxygens (including phenoxy) is 1. The Morgan fingerprint density at radius 1 is 1.30 bits per heavy atom. The Labute approximate surface area is 168 Å². The van der Waals surface area contributed by atoms with Crippen molar-refractivity contribution in [1.29, 1.82) is 0 Å². The summed E-state index contributed by atoms with van der Waals surface area (Å²) in [4.78, 5) is 36.5. The second-order valence-corrected chi connectivity index (χ2v) is 6.79. The Kier molecular flexibility index (Phi) is 7.54. The second-order valence-electron chi connectivity index (χ2n) is 6.79. The molecule has 166 valence electrons. The molecule has 3 rings (SSSR count). The van der Waals surface area contributed by atoms with E-state index in [1.807, 2.05) is 0 Å². The maximum Gasteiger partial charge on any atom is 0.490 e. The highest BCUT2D eigenvalue weighted by Crippen LogP contribution is 2.41. The number of pyridine rings is 1. The van der Waals surface area contributed by atoms with Crippen molar-refractivity contribution in [3.8, 4) is 0 Å². The van der Waals surface area contributed by atoms with Gasteiger partial charge in [0.15, 0.2) is 0 Å². The Balaban J connectivity index is 0.000000396. The molecular formula is C17H20F4N4O5. The number of nitrogens with zero attached hydrogens (tertiary/aromatic N) is 1. The van der Waals surface area contributed by atoms with Gasteiger partial charge in [0.2, 0.25) is 0 Å². The molecule has 0 aromatic carbocycles. The first kappa shape index (κ1) is 23.3. The average Bonchev–Trinajstić information content (AvgIpc) is 2.95. The van der Waals surface area contributed by atoms with Crippen LogP contribution in [-0.4, -0.2) is 60.0 Å². The fraction of sp³-hybridized carbons (Fsp3) is 0.529. The van der Waals surface area contributed by atoms with E-state index in [4.69, 9.17) is 14.6 Å². The summed E-state index contributed by atoms with van der Waals surface area (Å²) in [7, 11) is 0. The molecule has 0 saturated carbocycles. The maximum absolute atomic E-state index is 13.0. The number of aromatic nitrogens is 1. The Morgan fingerprint density at radius 3 is 2.50 bits per heavy atom. The highest BCUT2D eigenvalue weighted by molar-refractivity contribution is 5.89. The largest absolute Gasteiger partial charge is 0.490 e. The van der Waals surface area contributed by atoms with Gasteiger partial charge in [-0.1, -0.05) is 0 Å². The zero-order chi connectivity index (χ0) is 22.4. The van der Waals surface area contributed by atoms with Crippen LogP contribution in [-0.2, 0) is 14.3 Å². The highest BCUT2D eigenvalue weighted by Gasteiger charge is 2.49. The quantitative estimate of drug-likeness (QED) is 0.419. The minimum Gasteiger partial charge on any atom is -0.475 e. The molecule has 30 heavy (non-hydrogen) atoms. The number of rotatable bonds is 3. The lowest BCUT2D eigenvalue weighted by Gasteiger charge is -2.29. The summed E-state index contributed by atoms with van der Waals surface area (Å²) in [6, 6.07) is 0.686. The van der Waals surface area contributed by atoms with Crippen LogP contribution in [0.2, 0.25) is 0 Å². The van der Waals surface area contributed by atoms with Gasteiger partial charge in [-0.15, -0.1) is 0 Å². The van der Waals surface area contributed by atoms with Crippen molar-refractivity contribution in [2.75, 3.05) is 25.0 Å². The number of amides is 2. The highest BCUT2D eigenvalue weighted by atomic mass is 19.4. The summed E-state index contributed by atoms with van der Waals surface area (Å²) in [6.45, 7) is 1.85. The maximum atomic E-state index is 13.0. The molecular weight excluding hydrogens is 416 g/mol. The molecule has 2 amide bonds. The molecule has 4 N–H and O–H groups in total. The zero-order valence-electron chi connectivity index (χ0n) is 15.6. The number of halogens is 4. The molecule has 1 unspecified atom stereocenters. The van der Waals surface area contributed by atoms with Crippen LogP contribution in [0.3, 0.4) is 0 Å². The molecule has 1 aromatic rings. The summed E-state index contributed by atoms with van der Waals surface area (Å²) in [5.74, 6) is -3.45. The molecule has 1 aromatic heterocycles. The number of piperidine rings is 1. The topological polar surface area (TPSA) is 130 Å². The number of nitrogens with one attached hydrogen (secondary N) is 3. The number of hydrogen-bond donors (Lipinski definition) is 4. The van der Waals surface area contributed by atoms with E-state index in [1.165, 1.54) is 12.3 Å². The summed E-state index contributed by atoms with van der Waals surface area (Å²) in [5.41, 5.74) is -0.138. The van der Waals surface area contributed by atoms with Gasteiger partial charge in [-0.2, -0.15) is 13.2 Å². The molecule has 2 fully saturated rings. The smallest absolute Gasteiger partial charge is 0.475 e. The van der Waals surface area contributed by atoms with Crippen molar-refractivity contribution >= 4 is 23.7 Å². The lowest BCUT2D eigenvalue weighted by Crippen LogP contribution is -2.40. The number of esters is 1. The molecule has 9 nitrogen and oxygen atoms in total. The Hall–Kier alpha value is -2.96. The molecule has 0 aliphatic carbocycles. The molecule has 0 bridgehead atoms. The van der Waals surface area contributed by atoms with E-state index in [1.54, 1.807) is 0 Å². The number of anilines is 1. The third kappa shape index (κ3) is 6.54. The molecule has 1 spiro atoms. The van der Waals surface area contributed by atoms with Gasteiger partial charge in [-0.05, 0) is 25.9 Å². The van der Waals surface area contributed by atoms with Crippen LogP contribution in [0.4, 0.5) is 28.0 Å². The first-order valence-electron chi connectivity index (χ1n) is 8.89. The molecule has 2 aliphatic heterocycles. The second kappa shape index (κ2) is 9.69. The normalized spacial score (nSPS) is 20.0. The number of urea groups is 1. The van der Waals surface area contributed by atoms with Gasteiger partial charge < -0.3 is 25.8 Å². The van der Waals surface area contributed by atoms with Gasteiger partial charge in [0.05, 0.1) is 30.0 Å². The number of cyclic esters (lactones) is 1. The van der Waals surface area contributed by atoms with Crippen LogP contribution in [0, 0.1) is 11.2 Å². The van der Waals surface area contributed by atoms with E-state index in [9.17, 15) is 27.2 Å². The van der Waals surface area contributed by atoms with Crippen LogP contribution >= 0.6 is 0 Å². The zero-order valence-corrected chi connectivity index (χ0v) is 15.6. The molecule has 2 saturated heterocycles. The van der Waals surface area contributed by atoms with Crippen LogP contribution in [0.1, 0.15) is 19.3 Å². The minimum absolute atomic E-state index is 0.166. The first-order valence-corrected chi connectivity index (χ1v) is 8.89. The van der Waals surface area contributed by atoms with Gasteiger partial charge in [0.1, 0.15) is 11.9 Å². The van der Waals surface area contributed by atoms with E-state index in [0.29, 0.717) is 6.42 Å². The molecule has 0 radical (unpaired) electrons. The third-order valence-electron chi connectivity index (χ3n) is 4.58. The van der Waals surface area contributed by atoms with Gasteiger partial charge in [0, 0.05) is 12.5 Å². The van der Waals surface area contributed by atoms with Gasteiger partial charge in [-0.3, -0.25) is 9.78 Å². The monoisotopic (exact) mass is 436 g/mol. The van der Waals surface area contributed by atoms with Crippen LogP contribution < -0.4 is 16.0 Å². The molecule has 3 heterocycles. The summed E-state index contributed by atoms with van der Waals surface area (Å²) in [5, 5.41) is 15.5. The van der Waals surface area contributed by atoms with Crippen molar-refractivity contribution in [3.63, 3.8) is 0 Å². The first-order chi connectivity index (χ1) is 14.0. The lowest BCUT2D eigenvalue weighted by atomic mass is 9.76. The Bertz CT molecular complexity index is 784. The van der Waals surface area contributed by atoms with Crippen molar-refractivity contribution in [1.82, 2.24) is 15.6 Å². The van der Waals surface area contributed by atoms with E-state index >= 15 is 0 Å². The number of hydrogen-bond acceptors (Lipinski definition) is 6. The van der Waals surface area contributed by atoms with E-state index in [2.05, 4.69) is 20.9 Å². The lowest BCUT2D eigenvalue weighted by molar-refractivity contribution is -0.192. The number of carboxylic acid groups (broad SMARTS) is 1. The van der Waals surface area contributed by atoms with Crippen molar-refractivity contribution < 1.29 is 41.8 Å². The van der Waals surface area contributed by atoms with E-state index < -0.39 is 29.4 Å². The van der Waals surface area contributed by atoms with Crippen LogP contribution in [0.25, 0.3) is 0 Å². The van der Waals surface area contributed by atoms with Crippen LogP contribution in [0.15, 0.2) is 18.5 Å². The summed E-state index contributed by atoms with van der Waals surface area (Å²) < 4.78 is 50.1. The summed E-state index contributed by atoms with van der Waals surface area (Å²) >= 11 is 0. The van der Waals surface area contributed by atoms with E-state index in [-0.39, 0.29) is 24.3 Å². The number of aliphatic carboxylic acids is 1. The molecule has 13 heteroatoms. The van der Waals surface area contributed by atoms with Crippen molar-refractivity contribution in [2.24, 2.45) is 5.41 Å². The number of carboxylic acids is 1. The Morgan fingerprint density at radius 2 is 1.93 bits per heavy atom. The fourth-order valence-electron chi connectivity index (χ4n) is 3.13. The molecule has 2 aliphatic rings. The molecule has 1 atom stereocenters.